The highest BCUT2D eigenvalue weighted by Gasteiger charge is 2.11. The zero-order chi connectivity index (χ0) is 13.4. The summed E-state index contributed by atoms with van der Waals surface area (Å²) in [4.78, 5) is 23.3. The Morgan fingerprint density at radius 1 is 1.17 bits per heavy atom. The van der Waals surface area contributed by atoms with E-state index < -0.39 is 0 Å². The van der Waals surface area contributed by atoms with Gasteiger partial charge >= 0.3 is 11.9 Å². The van der Waals surface area contributed by atoms with Gasteiger partial charge in [0.2, 0.25) is 0 Å². The van der Waals surface area contributed by atoms with Crippen LogP contribution in [0.15, 0.2) is 29.2 Å². The summed E-state index contributed by atoms with van der Waals surface area (Å²) in [5.74, 6) is 0.200. The van der Waals surface area contributed by atoms with Gasteiger partial charge in [-0.1, -0.05) is 12.1 Å². The Kier molecular flexibility index (Phi) is 6.28. The zero-order valence-corrected chi connectivity index (χ0v) is 11.3. The summed E-state index contributed by atoms with van der Waals surface area (Å²) in [5, 5.41) is 0. The molecule has 0 fully saturated rings. The van der Waals surface area contributed by atoms with Gasteiger partial charge in [0.05, 0.1) is 19.8 Å². The minimum absolute atomic E-state index is 0.211. The molecule has 0 bridgehead atoms. The van der Waals surface area contributed by atoms with Crippen molar-refractivity contribution in [1.82, 2.24) is 0 Å². The number of benzene rings is 1. The van der Waals surface area contributed by atoms with Gasteiger partial charge in [0.1, 0.15) is 0 Å². The molecule has 0 spiro atoms. The van der Waals surface area contributed by atoms with Gasteiger partial charge in [0, 0.05) is 11.3 Å². The van der Waals surface area contributed by atoms with Crippen LogP contribution in [0.4, 0.5) is 0 Å². The van der Waals surface area contributed by atoms with Gasteiger partial charge in [0.25, 0.3) is 0 Å². The lowest BCUT2D eigenvalue weighted by Crippen LogP contribution is -2.03. The molecule has 0 N–H and O–H groups in total. The third-order valence-electron chi connectivity index (χ3n) is 2.30. The molecule has 1 aromatic rings. The van der Waals surface area contributed by atoms with Crippen molar-refractivity contribution in [1.29, 1.82) is 0 Å². The van der Waals surface area contributed by atoms with Gasteiger partial charge in [-0.25, -0.2) is 4.79 Å². The predicted molar refractivity (Wildman–Crippen MR) is 69.8 cm³/mol. The van der Waals surface area contributed by atoms with Crippen molar-refractivity contribution in [2.45, 2.75) is 17.7 Å². The molecule has 0 amide bonds. The molecule has 0 saturated carbocycles. The van der Waals surface area contributed by atoms with Gasteiger partial charge in [0.15, 0.2) is 0 Å². The number of carbonyl (C=O) groups excluding carboxylic acids is 2. The first kappa shape index (κ1) is 14.6. The maximum atomic E-state index is 11.5. The highest BCUT2D eigenvalue weighted by molar-refractivity contribution is 7.99. The molecule has 98 valence electrons. The fourth-order valence-electron chi connectivity index (χ4n) is 1.37. The molecule has 18 heavy (non-hydrogen) atoms. The second-order valence-corrected chi connectivity index (χ2v) is 4.65. The monoisotopic (exact) mass is 268 g/mol. The van der Waals surface area contributed by atoms with Crippen molar-refractivity contribution in [2.24, 2.45) is 0 Å². The molecule has 0 aliphatic heterocycles. The molecular weight excluding hydrogens is 252 g/mol. The van der Waals surface area contributed by atoms with E-state index in [9.17, 15) is 9.59 Å². The van der Waals surface area contributed by atoms with Crippen molar-refractivity contribution in [3.63, 3.8) is 0 Å². The summed E-state index contributed by atoms with van der Waals surface area (Å²) in [5.41, 5.74) is 0.558. The molecule has 0 unspecified atom stereocenters. The van der Waals surface area contributed by atoms with Gasteiger partial charge in [-0.3, -0.25) is 4.79 Å². The van der Waals surface area contributed by atoms with Crippen LogP contribution in [-0.4, -0.2) is 31.9 Å². The van der Waals surface area contributed by atoms with E-state index in [0.29, 0.717) is 18.4 Å². The highest BCUT2D eigenvalue weighted by Crippen LogP contribution is 2.24. The third kappa shape index (κ3) is 4.41. The number of carbonyl (C=O) groups is 2. The molecular formula is C13H16O4S. The van der Waals surface area contributed by atoms with Gasteiger partial charge < -0.3 is 9.47 Å². The third-order valence-corrected chi connectivity index (χ3v) is 3.46. The number of esters is 2. The number of thioether (sulfide) groups is 1. The summed E-state index contributed by atoms with van der Waals surface area (Å²) in [6, 6.07) is 7.27. The van der Waals surface area contributed by atoms with E-state index in [2.05, 4.69) is 4.74 Å². The molecule has 0 atom stereocenters. The van der Waals surface area contributed by atoms with Gasteiger partial charge in [-0.15, -0.1) is 11.8 Å². The molecule has 0 aliphatic carbocycles. The van der Waals surface area contributed by atoms with Crippen molar-refractivity contribution in [3.05, 3.63) is 29.8 Å². The number of rotatable bonds is 6. The summed E-state index contributed by atoms with van der Waals surface area (Å²) in [7, 11) is 2.74. The molecule has 1 rings (SSSR count). The van der Waals surface area contributed by atoms with Crippen molar-refractivity contribution >= 4 is 23.7 Å². The van der Waals surface area contributed by atoms with E-state index >= 15 is 0 Å². The van der Waals surface area contributed by atoms with Crippen LogP contribution < -0.4 is 0 Å². The summed E-state index contributed by atoms with van der Waals surface area (Å²) in [6.07, 6.45) is 1.11. The second-order valence-electron chi connectivity index (χ2n) is 3.52. The van der Waals surface area contributed by atoms with Gasteiger partial charge in [-0.05, 0) is 24.3 Å². The van der Waals surface area contributed by atoms with E-state index in [1.54, 1.807) is 12.1 Å². The Labute approximate surface area is 111 Å². The van der Waals surface area contributed by atoms with Crippen molar-refractivity contribution < 1.29 is 19.1 Å². The molecule has 1 aromatic carbocycles. The minimum Gasteiger partial charge on any atom is -0.469 e. The first-order chi connectivity index (χ1) is 8.69. The first-order valence-corrected chi connectivity index (χ1v) is 6.54. The van der Waals surface area contributed by atoms with Crippen LogP contribution in [0.5, 0.6) is 0 Å². The zero-order valence-electron chi connectivity index (χ0n) is 10.5. The largest absolute Gasteiger partial charge is 0.469 e. The lowest BCUT2D eigenvalue weighted by atomic mass is 10.2. The topological polar surface area (TPSA) is 52.6 Å². The Morgan fingerprint density at radius 3 is 2.56 bits per heavy atom. The summed E-state index contributed by atoms with van der Waals surface area (Å²) < 4.78 is 9.27. The molecule has 0 aromatic heterocycles. The van der Waals surface area contributed by atoms with Crippen LogP contribution in [0.25, 0.3) is 0 Å². The minimum atomic E-state index is -0.342. The van der Waals surface area contributed by atoms with E-state index in [4.69, 9.17) is 4.74 Å². The van der Waals surface area contributed by atoms with E-state index in [1.165, 1.54) is 26.0 Å². The Hall–Kier alpha value is -1.49. The molecule has 5 heteroatoms. The maximum Gasteiger partial charge on any atom is 0.338 e. The molecule has 0 aliphatic rings. The maximum absolute atomic E-state index is 11.5. The predicted octanol–water partition coefficient (Wildman–Crippen LogP) is 2.52. The van der Waals surface area contributed by atoms with Crippen molar-refractivity contribution in [3.8, 4) is 0 Å². The summed E-state index contributed by atoms with van der Waals surface area (Å²) in [6.45, 7) is 0. The quantitative estimate of drug-likeness (QED) is 0.451. The van der Waals surface area contributed by atoms with E-state index in [1.807, 2.05) is 12.1 Å². The average Bonchev–Trinajstić information content (AvgIpc) is 2.42. The number of hydrogen-bond acceptors (Lipinski definition) is 5. The van der Waals surface area contributed by atoms with Crippen LogP contribution >= 0.6 is 11.8 Å². The van der Waals surface area contributed by atoms with Crippen molar-refractivity contribution in [2.75, 3.05) is 20.0 Å². The van der Waals surface area contributed by atoms with E-state index in [0.717, 1.165) is 10.6 Å². The van der Waals surface area contributed by atoms with Crippen LogP contribution in [0.3, 0.4) is 0 Å². The first-order valence-electron chi connectivity index (χ1n) is 5.56. The Balaban J connectivity index is 2.51. The fraction of sp³-hybridized carbons (Fsp3) is 0.385. The van der Waals surface area contributed by atoms with Crippen LogP contribution in [-0.2, 0) is 14.3 Å². The highest BCUT2D eigenvalue weighted by atomic mass is 32.2. The number of hydrogen-bond donors (Lipinski definition) is 0. The van der Waals surface area contributed by atoms with Crippen LogP contribution in [0, 0.1) is 0 Å². The molecule has 0 saturated heterocycles. The van der Waals surface area contributed by atoms with Crippen LogP contribution in [0.2, 0.25) is 0 Å². The lowest BCUT2D eigenvalue weighted by Gasteiger charge is -2.06. The van der Waals surface area contributed by atoms with Crippen LogP contribution in [0.1, 0.15) is 23.2 Å². The fourth-order valence-corrected chi connectivity index (χ4v) is 2.36. The smallest absolute Gasteiger partial charge is 0.338 e. The normalized spacial score (nSPS) is 9.89. The van der Waals surface area contributed by atoms with E-state index in [-0.39, 0.29) is 11.9 Å². The Bertz CT molecular complexity index is 417. The number of methoxy groups -OCH3 is 2. The molecule has 0 radical (unpaired) electrons. The Morgan fingerprint density at radius 2 is 1.89 bits per heavy atom. The lowest BCUT2D eigenvalue weighted by molar-refractivity contribution is -0.140. The van der Waals surface area contributed by atoms with Gasteiger partial charge in [-0.2, -0.15) is 0 Å². The standard InChI is InChI=1S/C13H16O4S/c1-16-12(14)8-5-9-18-11-7-4-3-6-10(11)13(15)17-2/h3-4,6-7H,5,8-9H2,1-2H3. The average molecular weight is 268 g/mol. The second kappa shape index (κ2) is 7.76. The summed E-state index contributed by atoms with van der Waals surface area (Å²) >= 11 is 1.53. The SMILES string of the molecule is COC(=O)CCCSc1ccccc1C(=O)OC. The molecule has 0 heterocycles. The number of ether oxygens (including phenoxy) is 2. The molecule has 4 nitrogen and oxygen atoms in total.